The SMILES string of the molecule is CCCCCCC(S)C(=O)O[Si](C)(C)C(C)(C)C. The van der Waals surface area contributed by atoms with Crippen LogP contribution in [-0.2, 0) is 9.22 Å². The molecule has 0 rings (SSSR count). The zero-order valence-electron chi connectivity index (χ0n) is 12.9. The van der Waals surface area contributed by atoms with Gasteiger partial charge in [-0.25, -0.2) is 0 Å². The van der Waals surface area contributed by atoms with E-state index in [9.17, 15) is 4.79 Å². The van der Waals surface area contributed by atoms with Crippen molar-refractivity contribution in [2.24, 2.45) is 0 Å². The van der Waals surface area contributed by atoms with Gasteiger partial charge >= 0.3 is 5.97 Å². The Morgan fingerprint density at radius 2 is 1.78 bits per heavy atom. The molecule has 0 aliphatic carbocycles. The zero-order chi connectivity index (χ0) is 14.4. The van der Waals surface area contributed by atoms with Gasteiger partial charge in [0.15, 0.2) is 0 Å². The van der Waals surface area contributed by atoms with Crippen molar-refractivity contribution < 1.29 is 9.22 Å². The Morgan fingerprint density at radius 3 is 2.22 bits per heavy atom. The summed E-state index contributed by atoms with van der Waals surface area (Å²) in [6, 6.07) is 0. The molecule has 1 unspecified atom stereocenters. The molecule has 0 aromatic heterocycles. The van der Waals surface area contributed by atoms with E-state index in [0.29, 0.717) is 0 Å². The molecule has 0 bridgehead atoms. The van der Waals surface area contributed by atoms with E-state index in [1.807, 2.05) is 0 Å². The maximum Gasteiger partial charge on any atom is 0.305 e. The van der Waals surface area contributed by atoms with Crippen LogP contribution in [0.1, 0.15) is 59.8 Å². The number of thiol groups is 1. The molecule has 0 aromatic carbocycles. The second-order valence-electron chi connectivity index (χ2n) is 6.55. The zero-order valence-corrected chi connectivity index (χ0v) is 14.8. The van der Waals surface area contributed by atoms with E-state index < -0.39 is 8.32 Å². The second-order valence-corrected chi connectivity index (χ2v) is 11.9. The highest BCUT2D eigenvalue weighted by Crippen LogP contribution is 2.37. The lowest BCUT2D eigenvalue weighted by Crippen LogP contribution is -2.44. The van der Waals surface area contributed by atoms with Gasteiger partial charge in [-0.3, -0.25) is 4.79 Å². The van der Waals surface area contributed by atoms with Crippen molar-refractivity contribution in [3.63, 3.8) is 0 Å². The molecular weight excluding hydrogens is 260 g/mol. The largest absolute Gasteiger partial charge is 0.518 e. The first-order valence-corrected chi connectivity index (χ1v) is 10.4. The molecule has 0 N–H and O–H groups in total. The van der Waals surface area contributed by atoms with Gasteiger partial charge in [0.05, 0.1) is 5.25 Å². The van der Waals surface area contributed by atoms with E-state index >= 15 is 0 Å². The van der Waals surface area contributed by atoms with Gasteiger partial charge in [-0.15, -0.1) is 0 Å². The molecule has 0 amide bonds. The predicted molar refractivity (Wildman–Crippen MR) is 84.8 cm³/mol. The van der Waals surface area contributed by atoms with Crippen molar-refractivity contribution in [1.82, 2.24) is 0 Å². The van der Waals surface area contributed by atoms with E-state index in [4.69, 9.17) is 4.43 Å². The molecule has 0 spiro atoms. The topological polar surface area (TPSA) is 26.3 Å². The molecule has 0 aromatic rings. The number of hydrogen-bond acceptors (Lipinski definition) is 3. The highest BCUT2D eigenvalue weighted by atomic mass is 32.1. The Kier molecular flexibility index (Phi) is 7.60. The van der Waals surface area contributed by atoms with Crippen LogP contribution in [0.5, 0.6) is 0 Å². The van der Waals surface area contributed by atoms with Gasteiger partial charge in [-0.1, -0.05) is 53.4 Å². The standard InChI is InChI=1S/C14H30O2SSi/c1-7-8-9-10-11-12(17)13(15)16-18(5,6)14(2,3)4/h12,17H,7-11H2,1-6H3. The van der Waals surface area contributed by atoms with Crippen molar-refractivity contribution in [3.05, 3.63) is 0 Å². The lowest BCUT2D eigenvalue weighted by atomic mass is 10.1. The summed E-state index contributed by atoms with van der Waals surface area (Å²) in [6.45, 7) is 12.8. The Balaban J connectivity index is 4.16. The van der Waals surface area contributed by atoms with Gasteiger partial charge in [-0.2, -0.15) is 12.6 Å². The fourth-order valence-corrected chi connectivity index (χ4v) is 2.64. The normalized spacial score (nSPS) is 14.4. The van der Waals surface area contributed by atoms with Crippen LogP contribution in [0, 0.1) is 0 Å². The minimum Gasteiger partial charge on any atom is -0.518 e. The smallest absolute Gasteiger partial charge is 0.305 e. The summed E-state index contributed by atoms with van der Waals surface area (Å²) < 4.78 is 5.74. The monoisotopic (exact) mass is 290 g/mol. The number of carbonyl (C=O) groups is 1. The van der Waals surface area contributed by atoms with Crippen molar-refractivity contribution >= 4 is 26.9 Å². The molecule has 0 heterocycles. The minimum absolute atomic E-state index is 0.0678. The Bertz CT molecular complexity index is 259. The lowest BCUT2D eigenvalue weighted by molar-refractivity contribution is -0.135. The van der Waals surface area contributed by atoms with Crippen molar-refractivity contribution in [3.8, 4) is 0 Å². The van der Waals surface area contributed by atoms with Crippen LogP contribution < -0.4 is 0 Å². The number of hydrogen-bond donors (Lipinski definition) is 1. The van der Waals surface area contributed by atoms with Gasteiger partial charge in [-0.05, 0) is 24.6 Å². The molecule has 4 heteroatoms. The predicted octanol–water partition coefficient (Wildman–Crippen LogP) is 4.80. The molecule has 0 saturated carbocycles. The van der Waals surface area contributed by atoms with Crippen LogP contribution in [-0.4, -0.2) is 19.5 Å². The van der Waals surface area contributed by atoms with E-state index in [2.05, 4.69) is 53.4 Å². The van der Waals surface area contributed by atoms with Gasteiger partial charge in [0.2, 0.25) is 0 Å². The van der Waals surface area contributed by atoms with Crippen LogP contribution >= 0.6 is 12.6 Å². The highest BCUT2D eigenvalue weighted by Gasteiger charge is 2.41. The minimum atomic E-state index is -1.98. The van der Waals surface area contributed by atoms with Gasteiger partial charge in [0.1, 0.15) is 0 Å². The maximum absolute atomic E-state index is 12.0. The van der Waals surface area contributed by atoms with E-state index in [1.165, 1.54) is 19.3 Å². The first-order valence-electron chi connectivity index (χ1n) is 7.02. The molecule has 0 aliphatic heterocycles. The lowest BCUT2D eigenvalue weighted by Gasteiger charge is -2.36. The van der Waals surface area contributed by atoms with Crippen LogP contribution in [0.25, 0.3) is 0 Å². The summed E-state index contributed by atoms with van der Waals surface area (Å²) in [4.78, 5) is 12.0. The third-order valence-electron chi connectivity index (χ3n) is 3.77. The van der Waals surface area contributed by atoms with Crippen molar-refractivity contribution in [2.45, 2.75) is 83.2 Å². The number of unbranched alkanes of at least 4 members (excludes halogenated alkanes) is 3. The average molecular weight is 291 g/mol. The molecule has 108 valence electrons. The van der Waals surface area contributed by atoms with Crippen LogP contribution in [0.3, 0.4) is 0 Å². The van der Waals surface area contributed by atoms with Gasteiger partial charge in [0.25, 0.3) is 8.32 Å². The van der Waals surface area contributed by atoms with Crippen molar-refractivity contribution in [2.75, 3.05) is 0 Å². The Hall–Kier alpha value is 0.0369. The molecule has 2 nitrogen and oxygen atoms in total. The summed E-state index contributed by atoms with van der Waals surface area (Å²) in [7, 11) is -1.98. The van der Waals surface area contributed by atoms with Crippen molar-refractivity contribution in [1.29, 1.82) is 0 Å². The fraction of sp³-hybridized carbons (Fsp3) is 0.929. The maximum atomic E-state index is 12.0. The van der Waals surface area contributed by atoms with E-state index in [0.717, 1.165) is 12.8 Å². The Labute approximate surface area is 119 Å². The average Bonchev–Trinajstić information content (AvgIpc) is 2.21. The summed E-state index contributed by atoms with van der Waals surface area (Å²) in [5.41, 5.74) is 0. The summed E-state index contributed by atoms with van der Waals surface area (Å²) >= 11 is 4.38. The first kappa shape index (κ1) is 18.0. The van der Waals surface area contributed by atoms with Gasteiger partial charge < -0.3 is 4.43 Å². The highest BCUT2D eigenvalue weighted by molar-refractivity contribution is 7.81. The van der Waals surface area contributed by atoms with E-state index in [-0.39, 0.29) is 16.3 Å². The third kappa shape index (κ3) is 6.28. The van der Waals surface area contributed by atoms with Crippen LogP contribution in [0.2, 0.25) is 18.1 Å². The molecule has 0 saturated heterocycles. The van der Waals surface area contributed by atoms with Gasteiger partial charge in [0, 0.05) is 0 Å². The molecule has 1 atom stereocenters. The van der Waals surface area contributed by atoms with Crippen LogP contribution in [0.4, 0.5) is 0 Å². The summed E-state index contributed by atoms with van der Waals surface area (Å²) in [6.07, 6.45) is 5.52. The summed E-state index contributed by atoms with van der Waals surface area (Å²) in [5.74, 6) is -0.124. The molecule has 18 heavy (non-hydrogen) atoms. The third-order valence-corrected chi connectivity index (χ3v) is 8.56. The van der Waals surface area contributed by atoms with E-state index in [1.54, 1.807) is 0 Å². The quantitative estimate of drug-likeness (QED) is 0.414. The first-order chi connectivity index (χ1) is 8.12. The molecule has 0 aliphatic rings. The number of carbonyl (C=O) groups excluding carboxylic acids is 1. The fourth-order valence-electron chi connectivity index (χ4n) is 1.35. The second kappa shape index (κ2) is 7.58. The van der Waals surface area contributed by atoms with Crippen LogP contribution in [0.15, 0.2) is 0 Å². The molecule has 0 fully saturated rings. The summed E-state index contributed by atoms with van der Waals surface area (Å²) in [5, 5.41) is -0.186. The number of rotatable bonds is 7. The molecular formula is C14H30O2SSi. The molecule has 0 radical (unpaired) electrons. The Morgan fingerprint density at radius 1 is 1.22 bits per heavy atom.